The number of benzene rings is 2. The van der Waals surface area contributed by atoms with Gasteiger partial charge in [0.05, 0.1) is 29.5 Å². The molecule has 0 radical (unpaired) electrons. The van der Waals surface area contributed by atoms with Gasteiger partial charge in [0, 0.05) is 31.6 Å². The number of aromatic nitrogens is 2. The number of nitrogens with zero attached hydrogens (tertiary/aromatic N) is 4. The van der Waals surface area contributed by atoms with Crippen LogP contribution >= 0.6 is 0 Å². The van der Waals surface area contributed by atoms with E-state index in [-0.39, 0.29) is 17.7 Å². The van der Waals surface area contributed by atoms with Gasteiger partial charge >= 0.3 is 0 Å². The first-order valence-corrected chi connectivity index (χ1v) is 10.3. The minimum Gasteiger partial charge on any atom is -0.340 e. The lowest BCUT2D eigenvalue weighted by molar-refractivity contribution is -0.136. The van der Waals surface area contributed by atoms with E-state index in [1.807, 2.05) is 67.4 Å². The molecule has 4 rings (SSSR count). The third-order valence-corrected chi connectivity index (χ3v) is 5.70. The number of fused-ring (bicyclic) bond motifs is 1. The fourth-order valence-electron chi connectivity index (χ4n) is 3.91. The highest BCUT2D eigenvalue weighted by Crippen LogP contribution is 2.22. The Bertz CT molecular complexity index is 1060. The van der Waals surface area contributed by atoms with E-state index in [1.54, 1.807) is 11.1 Å². The maximum Gasteiger partial charge on any atom is 0.253 e. The number of amides is 2. The number of rotatable bonds is 4. The van der Waals surface area contributed by atoms with Crippen molar-refractivity contribution in [2.45, 2.75) is 26.3 Å². The average Bonchev–Trinajstić information content (AvgIpc) is 2.78. The van der Waals surface area contributed by atoms with Crippen molar-refractivity contribution >= 4 is 22.8 Å². The summed E-state index contributed by atoms with van der Waals surface area (Å²) in [5.41, 5.74) is 4.29. The molecular weight excluding hydrogens is 376 g/mol. The van der Waals surface area contributed by atoms with Crippen LogP contribution in [0.15, 0.2) is 54.7 Å². The SMILES string of the molecule is Cc1ccc(C(=O)N2CCC(C(=O)N(C)Cc3cnc4ccccc4n3)CC2)cc1. The second kappa shape index (κ2) is 8.61. The minimum absolute atomic E-state index is 0.0423. The monoisotopic (exact) mass is 402 g/mol. The molecule has 3 aromatic rings. The Kier molecular flexibility index (Phi) is 5.74. The van der Waals surface area contributed by atoms with Crippen LogP contribution in [0.4, 0.5) is 0 Å². The van der Waals surface area contributed by atoms with Crippen molar-refractivity contribution in [1.82, 2.24) is 19.8 Å². The summed E-state index contributed by atoms with van der Waals surface area (Å²) in [6.07, 6.45) is 3.10. The lowest BCUT2D eigenvalue weighted by Crippen LogP contribution is -2.43. The van der Waals surface area contributed by atoms with Gasteiger partial charge in [0.25, 0.3) is 5.91 Å². The van der Waals surface area contributed by atoms with Crippen LogP contribution in [0.25, 0.3) is 11.0 Å². The summed E-state index contributed by atoms with van der Waals surface area (Å²) in [5.74, 6) is 0.0820. The Morgan fingerprint density at radius 3 is 2.40 bits per heavy atom. The Morgan fingerprint density at radius 1 is 1.03 bits per heavy atom. The van der Waals surface area contributed by atoms with Crippen molar-refractivity contribution < 1.29 is 9.59 Å². The van der Waals surface area contributed by atoms with Gasteiger partial charge < -0.3 is 9.80 Å². The molecule has 0 unspecified atom stereocenters. The summed E-state index contributed by atoms with van der Waals surface area (Å²) in [6, 6.07) is 15.4. The first-order chi connectivity index (χ1) is 14.5. The zero-order valence-corrected chi connectivity index (χ0v) is 17.4. The fraction of sp³-hybridized carbons (Fsp3) is 0.333. The Hall–Kier alpha value is -3.28. The second-order valence-corrected chi connectivity index (χ2v) is 7.98. The van der Waals surface area contributed by atoms with Gasteiger partial charge in [-0.2, -0.15) is 0 Å². The van der Waals surface area contributed by atoms with Crippen molar-refractivity contribution in [2.24, 2.45) is 5.92 Å². The van der Waals surface area contributed by atoms with Gasteiger partial charge in [0.15, 0.2) is 0 Å². The minimum atomic E-state index is -0.0644. The number of carbonyl (C=O) groups is 2. The quantitative estimate of drug-likeness (QED) is 0.670. The zero-order valence-electron chi connectivity index (χ0n) is 17.4. The number of para-hydroxylation sites is 2. The number of likely N-dealkylation sites (tertiary alicyclic amines) is 1. The highest BCUT2D eigenvalue weighted by atomic mass is 16.2. The summed E-state index contributed by atoms with van der Waals surface area (Å²) in [7, 11) is 1.81. The van der Waals surface area contributed by atoms with E-state index in [2.05, 4.69) is 9.97 Å². The van der Waals surface area contributed by atoms with Crippen molar-refractivity contribution in [2.75, 3.05) is 20.1 Å². The van der Waals surface area contributed by atoms with Crippen LogP contribution in [0.2, 0.25) is 0 Å². The molecule has 2 amide bonds. The number of hydrogen-bond acceptors (Lipinski definition) is 4. The average molecular weight is 402 g/mol. The Balaban J connectivity index is 1.33. The third kappa shape index (κ3) is 4.32. The fourth-order valence-corrected chi connectivity index (χ4v) is 3.91. The third-order valence-electron chi connectivity index (χ3n) is 5.70. The van der Waals surface area contributed by atoms with Gasteiger partial charge in [-0.15, -0.1) is 0 Å². The van der Waals surface area contributed by atoms with Gasteiger partial charge in [-0.25, -0.2) is 4.98 Å². The van der Waals surface area contributed by atoms with E-state index in [1.165, 1.54) is 0 Å². The molecule has 0 saturated carbocycles. The second-order valence-electron chi connectivity index (χ2n) is 7.98. The van der Waals surface area contributed by atoms with Gasteiger partial charge in [0.2, 0.25) is 5.91 Å². The zero-order chi connectivity index (χ0) is 21.1. The van der Waals surface area contributed by atoms with Gasteiger partial charge in [0.1, 0.15) is 0 Å². The Morgan fingerprint density at radius 2 is 1.70 bits per heavy atom. The van der Waals surface area contributed by atoms with E-state index in [4.69, 9.17) is 0 Å². The van der Waals surface area contributed by atoms with Crippen molar-refractivity contribution in [3.05, 3.63) is 71.5 Å². The van der Waals surface area contributed by atoms with E-state index < -0.39 is 0 Å². The molecule has 0 spiro atoms. The molecule has 1 aliphatic heterocycles. The first kappa shape index (κ1) is 20.0. The lowest BCUT2D eigenvalue weighted by atomic mass is 9.94. The maximum absolute atomic E-state index is 12.9. The lowest BCUT2D eigenvalue weighted by Gasteiger charge is -2.33. The molecule has 0 N–H and O–H groups in total. The van der Waals surface area contributed by atoms with Gasteiger partial charge in [-0.3, -0.25) is 14.6 Å². The summed E-state index contributed by atoms with van der Waals surface area (Å²) < 4.78 is 0. The maximum atomic E-state index is 12.9. The van der Waals surface area contributed by atoms with E-state index in [9.17, 15) is 9.59 Å². The van der Waals surface area contributed by atoms with E-state index >= 15 is 0 Å². The van der Waals surface area contributed by atoms with Crippen LogP contribution in [-0.2, 0) is 11.3 Å². The molecule has 6 nitrogen and oxygen atoms in total. The number of piperidine rings is 1. The molecule has 30 heavy (non-hydrogen) atoms. The number of carbonyl (C=O) groups excluding carboxylic acids is 2. The predicted molar refractivity (Wildman–Crippen MR) is 116 cm³/mol. The molecule has 1 fully saturated rings. The summed E-state index contributed by atoms with van der Waals surface area (Å²) >= 11 is 0. The van der Waals surface area contributed by atoms with Crippen molar-refractivity contribution in [1.29, 1.82) is 0 Å². The topological polar surface area (TPSA) is 66.4 Å². The normalized spacial score (nSPS) is 14.7. The number of hydrogen-bond donors (Lipinski definition) is 0. The summed E-state index contributed by atoms with van der Waals surface area (Å²) in [5, 5.41) is 0. The summed E-state index contributed by atoms with van der Waals surface area (Å²) in [4.78, 5) is 38.2. The van der Waals surface area contributed by atoms with E-state index in [0.29, 0.717) is 38.0 Å². The van der Waals surface area contributed by atoms with Crippen molar-refractivity contribution in [3.8, 4) is 0 Å². The molecule has 2 heterocycles. The smallest absolute Gasteiger partial charge is 0.253 e. The van der Waals surface area contributed by atoms with Crippen LogP contribution in [0.5, 0.6) is 0 Å². The highest BCUT2D eigenvalue weighted by Gasteiger charge is 2.29. The standard InChI is InChI=1S/C24H26N4O2/c1-17-7-9-18(10-8-17)24(30)28-13-11-19(12-14-28)23(29)27(2)16-20-15-25-21-5-3-4-6-22(21)26-20/h3-10,15,19H,11-14,16H2,1-2H3. The molecule has 1 aliphatic rings. The van der Waals surface area contributed by atoms with Gasteiger partial charge in [-0.1, -0.05) is 29.8 Å². The highest BCUT2D eigenvalue weighted by molar-refractivity contribution is 5.94. The van der Waals surface area contributed by atoms with E-state index in [0.717, 1.165) is 22.3 Å². The molecule has 0 atom stereocenters. The van der Waals surface area contributed by atoms with Crippen molar-refractivity contribution in [3.63, 3.8) is 0 Å². The number of aryl methyl sites for hydroxylation is 1. The van der Waals surface area contributed by atoms with Crippen LogP contribution in [-0.4, -0.2) is 51.7 Å². The molecule has 1 saturated heterocycles. The largest absolute Gasteiger partial charge is 0.340 e. The van der Waals surface area contributed by atoms with Crippen LogP contribution < -0.4 is 0 Å². The van der Waals surface area contributed by atoms with Crippen LogP contribution in [0.1, 0.15) is 34.5 Å². The van der Waals surface area contributed by atoms with Gasteiger partial charge in [-0.05, 0) is 44.0 Å². The Labute approximate surface area is 176 Å². The first-order valence-electron chi connectivity index (χ1n) is 10.3. The molecule has 6 heteroatoms. The molecule has 154 valence electrons. The molecule has 0 aliphatic carbocycles. The molecule has 0 bridgehead atoms. The molecule has 1 aromatic heterocycles. The summed E-state index contributed by atoms with van der Waals surface area (Å²) in [6.45, 7) is 3.64. The molecule has 2 aromatic carbocycles. The van der Waals surface area contributed by atoms with Crippen LogP contribution in [0, 0.1) is 12.8 Å². The molecular formula is C24H26N4O2. The van der Waals surface area contributed by atoms with Crippen LogP contribution in [0.3, 0.4) is 0 Å². The predicted octanol–water partition coefficient (Wildman–Crippen LogP) is 3.45.